The molecule has 1 amide bonds. The van der Waals surface area contributed by atoms with Gasteiger partial charge in [-0.05, 0) is 48.5 Å². The summed E-state index contributed by atoms with van der Waals surface area (Å²) in [6.45, 7) is -0.126. The first-order chi connectivity index (χ1) is 14.9. The molecule has 158 valence electrons. The predicted octanol–water partition coefficient (Wildman–Crippen LogP) is 4.78. The Kier molecular flexibility index (Phi) is 5.68. The Morgan fingerprint density at radius 3 is 2.77 bits per heavy atom. The third-order valence-electron chi connectivity index (χ3n) is 4.40. The smallest absolute Gasteiger partial charge is 0.274 e. The molecule has 1 N–H and O–H groups in total. The maximum absolute atomic E-state index is 14.0. The van der Waals surface area contributed by atoms with Crippen molar-refractivity contribution in [2.45, 2.75) is 6.54 Å². The predicted molar refractivity (Wildman–Crippen MR) is 110 cm³/mol. The molecule has 2 aromatic heterocycles. The number of benzene rings is 2. The third kappa shape index (κ3) is 4.41. The molecule has 0 saturated heterocycles. The number of hydrogen-bond acceptors (Lipinski definition) is 5. The normalized spacial score (nSPS) is 10.8. The number of halogens is 3. The highest BCUT2D eigenvalue weighted by molar-refractivity contribution is 6.30. The van der Waals surface area contributed by atoms with Crippen molar-refractivity contribution in [3.63, 3.8) is 0 Å². The molecule has 0 saturated carbocycles. The van der Waals surface area contributed by atoms with Gasteiger partial charge in [0.1, 0.15) is 18.1 Å². The number of nitrogens with zero attached hydrogens (tertiary/aromatic N) is 3. The lowest BCUT2D eigenvalue weighted by Crippen LogP contribution is -2.19. The molecule has 4 aromatic rings. The van der Waals surface area contributed by atoms with Crippen molar-refractivity contribution < 1.29 is 22.8 Å². The number of ether oxygens (including phenoxy) is 1. The van der Waals surface area contributed by atoms with Gasteiger partial charge in [-0.2, -0.15) is 4.98 Å². The van der Waals surface area contributed by atoms with Crippen molar-refractivity contribution in [2.75, 3.05) is 12.4 Å². The summed E-state index contributed by atoms with van der Waals surface area (Å²) in [5.74, 6) is -1.23. The van der Waals surface area contributed by atoms with E-state index >= 15 is 0 Å². The molecule has 0 radical (unpaired) electrons. The van der Waals surface area contributed by atoms with E-state index < -0.39 is 17.5 Å². The number of aromatic nitrogens is 3. The number of methoxy groups -OCH3 is 1. The standard InChI is InChI=1S/C21H15ClF2N4O3/c1-30-18-7-4-12(9-15(18)24)20-26-21(31-27-20)17-3-2-8-28(17)11-19(29)25-16-6-5-13(22)10-14(16)23/h2-10H,11H2,1H3,(H,25,29). The second-order valence-electron chi connectivity index (χ2n) is 6.47. The molecule has 2 aromatic carbocycles. The molecule has 0 spiro atoms. The van der Waals surface area contributed by atoms with Crippen LogP contribution in [0.15, 0.2) is 59.3 Å². The number of carbonyl (C=O) groups is 1. The van der Waals surface area contributed by atoms with Crippen LogP contribution in [-0.2, 0) is 11.3 Å². The summed E-state index contributed by atoms with van der Waals surface area (Å²) in [4.78, 5) is 16.7. The van der Waals surface area contributed by atoms with Gasteiger partial charge in [0, 0.05) is 16.8 Å². The van der Waals surface area contributed by atoms with Crippen LogP contribution < -0.4 is 10.1 Å². The Balaban J connectivity index is 1.52. The minimum Gasteiger partial charge on any atom is -0.494 e. The first kappa shape index (κ1) is 20.5. The number of hydrogen-bond donors (Lipinski definition) is 1. The average Bonchev–Trinajstić information content (AvgIpc) is 3.39. The molecule has 7 nitrogen and oxygen atoms in total. The first-order valence-electron chi connectivity index (χ1n) is 9.02. The molecule has 2 heterocycles. The second kappa shape index (κ2) is 8.57. The Bertz CT molecular complexity index is 1260. The minimum absolute atomic E-state index is 0.0183. The third-order valence-corrected chi connectivity index (χ3v) is 4.64. The van der Waals surface area contributed by atoms with Gasteiger partial charge in [-0.3, -0.25) is 4.79 Å². The van der Waals surface area contributed by atoms with Crippen molar-refractivity contribution in [1.29, 1.82) is 0 Å². The number of carbonyl (C=O) groups excluding carboxylic acids is 1. The van der Waals surface area contributed by atoms with Crippen LogP contribution in [0.3, 0.4) is 0 Å². The Labute approximate surface area is 180 Å². The van der Waals surface area contributed by atoms with E-state index in [4.69, 9.17) is 20.9 Å². The van der Waals surface area contributed by atoms with Crippen molar-refractivity contribution >= 4 is 23.2 Å². The molecule has 0 unspecified atom stereocenters. The lowest BCUT2D eigenvalue weighted by Gasteiger charge is -2.09. The Hall–Kier alpha value is -3.72. The fourth-order valence-corrected chi connectivity index (χ4v) is 3.09. The van der Waals surface area contributed by atoms with Crippen LogP contribution in [0.2, 0.25) is 5.02 Å². The van der Waals surface area contributed by atoms with Gasteiger partial charge in [0.05, 0.1) is 12.8 Å². The highest BCUT2D eigenvalue weighted by Gasteiger charge is 2.17. The van der Waals surface area contributed by atoms with Gasteiger partial charge in [-0.25, -0.2) is 8.78 Å². The zero-order chi connectivity index (χ0) is 22.0. The summed E-state index contributed by atoms with van der Waals surface area (Å²) in [5.41, 5.74) is 0.895. The van der Waals surface area contributed by atoms with Crippen molar-refractivity contribution in [2.24, 2.45) is 0 Å². The molecule has 0 atom stereocenters. The van der Waals surface area contributed by atoms with Crippen molar-refractivity contribution in [3.05, 3.63) is 71.4 Å². The molecule has 4 rings (SSSR count). The molecule has 0 aliphatic heterocycles. The van der Waals surface area contributed by atoms with Gasteiger partial charge in [0.25, 0.3) is 5.89 Å². The zero-order valence-electron chi connectivity index (χ0n) is 16.1. The summed E-state index contributed by atoms with van der Waals surface area (Å²) in [5, 5.41) is 6.60. The summed E-state index contributed by atoms with van der Waals surface area (Å²) in [6, 6.07) is 11.6. The van der Waals surface area contributed by atoms with Crippen LogP contribution in [0.5, 0.6) is 5.75 Å². The van der Waals surface area contributed by atoms with E-state index in [0.717, 1.165) is 6.07 Å². The van der Waals surface area contributed by atoms with Crippen LogP contribution in [0.1, 0.15) is 0 Å². The largest absolute Gasteiger partial charge is 0.494 e. The lowest BCUT2D eigenvalue weighted by atomic mass is 10.2. The van der Waals surface area contributed by atoms with E-state index in [2.05, 4.69) is 15.5 Å². The second-order valence-corrected chi connectivity index (χ2v) is 6.90. The molecular weight excluding hydrogens is 430 g/mol. The minimum atomic E-state index is -0.637. The highest BCUT2D eigenvalue weighted by atomic mass is 35.5. The van der Waals surface area contributed by atoms with Crippen molar-refractivity contribution in [3.8, 4) is 28.7 Å². The zero-order valence-corrected chi connectivity index (χ0v) is 16.9. The SMILES string of the molecule is COc1ccc(-c2noc(-c3cccn3CC(=O)Nc3ccc(Cl)cc3F)n2)cc1F. The van der Waals surface area contributed by atoms with Crippen LogP contribution in [0.25, 0.3) is 23.0 Å². The van der Waals surface area contributed by atoms with Gasteiger partial charge in [0.15, 0.2) is 11.6 Å². The van der Waals surface area contributed by atoms with E-state index in [0.29, 0.717) is 11.3 Å². The molecule has 31 heavy (non-hydrogen) atoms. The van der Waals surface area contributed by atoms with E-state index in [-0.39, 0.29) is 34.7 Å². The summed E-state index contributed by atoms with van der Waals surface area (Å²) in [6.07, 6.45) is 1.64. The molecule has 0 fully saturated rings. The lowest BCUT2D eigenvalue weighted by molar-refractivity contribution is -0.116. The Morgan fingerprint density at radius 2 is 2.03 bits per heavy atom. The van der Waals surface area contributed by atoms with Crippen molar-refractivity contribution in [1.82, 2.24) is 14.7 Å². The van der Waals surface area contributed by atoms with Crippen LogP contribution in [0, 0.1) is 11.6 Å². The topological polar surface area (TPSA) is 82.2 Å². The average molecular weight is 445 g/mol. The number of nitrogens with one attached hydrogen (secondary N) is 1. The van der Waals surface area contributed by atoms with Crippen LogP contribution in [-0.4, -0.2) is 27.7 Å². The van der Waals surface area contributed by atoms with E-state index in [1.54, 1.807) is 29.0 Å². The van der Waals surface area contributed by atoms with Gasteiger partial charge >= 0.3 is 0 Å². The molecule has 0 aliphatic carbocycles. The summed E-state index contributed by atoms with van der Waals surface area (Å²) >= 11 is 5.72. The molecular formula is C21H15ClF2N4O3. The van der Waals surface area contributed by atoms with E-state index in [1.807, 2.05) is 0 Å². The first-order valence-corrected chi connectivity index (χ1v) is 9.40. The van der Waals surface area contributed by atoms with Crippen LogP contribution in [0.4, 0.5) is 14.5 Å². The fraction of sp³-hybridized carbons (Fsp3) is 0.0952. The van der Waals surface area contributed by atoms with E-state index in [9.17, 15) is 13.6 Å². The number of amides is 1. The monoisotopic (exact) mass is 444 g/mol. The van der Waals surface area contributed by atoms with Gasteiger partial charge < -0.3 is 19.1 Å². The number of anilines is 1. The van der Waals surface area contributed by atoms with E-state index in [1.165, 1.54) is 31.4 Å². The Morgan fingerprint density at radius 1 is 1.19 bits per heavy atom. The van der Waals surface area contributed by atoms with Gasteiger partial charge in [0.2, 0.25) is 11.7 Å². The summed E-state index contributed by atoms with van der Waals surface area (Å²) < 4.78 is 39.6. The number of rotatable bonds is 6. The molecule has 0 aliphatic rings. The van der Waals surface area contributed by atoms with Gasteiger partial charge in [-0.1, -0.05) is 16.8 Å². The van der Waals surface area contributed by atoms with Gasteiger partial charge in [-0.15, -0.1) is 0 Å². The highest BCUT2D eigenvalue weighted by Crippen LogP contribution is 2.26. The molecule has 10 heteroatoms. The molecule has 0 bridgehead atoms. The fourth-order valence-electron chi connectivity index (χ4n) is 2.93. The maximum atomic E-state index is 14.0. The quantitative estimate of drug-likeness (QED) is 0.462. The maximum Gasteiger partial charge on any atom is 0.274 e. The van der Waals surface area contributed by atoms with Crippen LogP contribution >= 0.6 is 11.6 Å². The summed E-state index contributed by atoms with van der Waals surface area (Å²) in [7, 11) is 1.37.